The Bertz CT molecular complexity index is 44.0. The molecule has 2 heteroatoms. The second kappa shape index (κ2) is 4.87. The maximum atomic E-state index is 3.21. The summed E-state index contributed by atoms with van der Waals surface area (Å²) in [5, 5.41) is 0. The van der Waals surface area contributed by atoms with Gasteiger partial charge >= 0.3 is 63.5 Å². The van der Waals surface area contributed by atoms with Crippen LogP contribution in [-0.4, -0.2) is 4.09 Å². The molecule has 0 aromatic heterocycles. The van der Waals surface area contributed by atoms with Gasteiger partial charge in [-0.25, -0.2) is 0 Å². The van der Waals surface area contributed by atoms with Crippen LogP contribution in [0.3, 0.4) is 0 Å². The van der Waals surface area contributed by atoms with Gasteiger partial charge < -0.3 is 0 Å². The molecule has 0 rings (SSSR count). The van der Waals surface area contributed by atoms with Gasteiger partial charge in [-0.2, -0.15) is 0 Å². The third-order valence-electron chi connectivity index (χ3n) is 0.109. The van der Waals surface area contributed by atoms with E-state index in [1.807, 2.05) is 0 Å². The number of hydrogen-bond donors (Lipinski definition) is 0. The number of alkyl halides is 1. The Morgan fingerprint density at radius 1 is 2.00 bits per heavy atom. The summed E-state index contributed by atoms with van der Waals surface area (Å²) in [5.74, 6) is 0. The fourth-order valence-corrected chi connectivity index (χ4v) is 0. The first-order chi connectivity index (χ1) is 1.91. The Balaban J connectivity index is 3.11. The predicted molar refractivity (Wildman–Crippen MR) is 25.0 cm³/mol. The van der Waals surface area contributed by atoms with Gasteiger partial charge in [0, 0.05) is 0 Å². The summed E-state index contributed by atoms with van der Waals surface area (Å²) in [4.78, 5) is 2.22. The Hall–Kier alpha value is 1.87. The van der Waals surface area contributed by atoms with Crippen molar-refractivity contribution in [2.75, 3.05) is 4.93 Å². The summed E-state index contributed by atoms with van der Waals surface area (Å²) < 4.78 is 3.21. The minimum absolute atomic E-state index is 0.435. The zero-order valence-corrected chi connectivity index (χ0v) is 8.32. The Morgan fingerprint density at radius 2 is 2.25 bits per heavy atom. The summed E-state index contributed by atoms with van der Waals surface area (Å²) in [5.41, 5.74) is 0. The second-order valence-electron chi connectivity index (χ2n) is 0.298. The molecule has 0 aliphatic carbocycles. The number of hydrogen-bond acceptors (Lipinski definition) is 0. The molecule has 0 N–H and O–H groups in total. The van der Waals surface area contributed by atoms with E-state index in [9.17, 15) is 0 Å². The van der Waals surface area contributed by atoms with E-state index >= 15 is 0 Å². The quantitative estimate of drug-likeness (QED) is 0.457. The first-order valence-electron chi connectivity index (χ1n) is 0.856. The SMILES string of the molecule is CI=[C]=[Pr+]. The van der Waals surface area contributed by atoms with Crippen molar-refractivity contribution in [1.82, 2.24) is 0 Å². The van der Waals surface area contributed by atoms with E-state index in [0.29, 0.717) is 20.7 Å². The Kier molecular flexibility index (Phi) is 7.16. The van der Waals surface area contributed by atoms with Crippen LogP contribution in [0.1, 0.15) is 0 Å². The molecule has 0 spiro atoms. The van der Waals surface area contributed by atoms with E-state index in [0.717, 1.165) is 38.7 Å². The average Bonchev–Trinajstić information content (AvgIpc) is 1.37. The fraction of sp³-hybridized carbons (Fsp3) is 0.500. The minimum atomic E-state index is 0.435. The van der Waals surface area contributed by atoms with Crippen LogP contribution < -0.4 is 0 Å². The summed E-state index contributed by atoms with van der Waals surface area (Å²) in [7, 11) is 0. The van der Waals surface area contributed by atoms with Crippen LogP contribution in [0.2, 0.25) is 0 Å². The molecule has 0 atom stereocenters. The van der Waals surface area contributed by atoms with Crippen LogP contribution in [-0.2, 0) is 0 Å². The molecule has 0 amide bonds. The molecule has 0 unspecified atom stereocenters. The van der Waals surface area contributed by atoms with E-state index in [2.05, 4.69) is 4.09 Å². The Labute approximate surface area is 62.1 Å². The standard InChI is InChI=1S/C2H3I.Pr/c1-3-2;/h1H3;/q;+1. The fourth-order valence-electron chi connectivity index (χ4n) is 0. The molecule has 0 bridgehead atoms. The molecule has 0 nitrogen and oxygen atoms in total. The summed E-state index contributed by atoms with van der Waals surface area (Å²) in [6.07, 6.45) is 0. The van der Waals surface area contributed by atoms with E-state index in [1.165, 1.54) is 0 Å². The Morgan fingerprint density at radius 3 is 2.25 bits per heavy atom. The van der Waals surface area contributed by atoms with Crippen LogP contribution in [0.15, 0.2) is 0 Å². The molecule has 4 heavy (non-hydrogen) atoms. The molecule has 0 radical (unpaired) electrons. The van der Waals surface area contributed by atoms with E-state index < -0.39 is 0 Å². The molecule has 0 fully saturated rings. The molecular formula is C2H3IPr+. The van der Waals surface area contributed by atoms with Crippen LogP contribution in [0.25, 0.3) is 0 Å². The van der Waals surface area contributed by atoms with Crippen LogP contribution in [0.5, 0.6) is 0 Å². The van der Waals surface area contributed by atoms with Crippen molar-refractivity contribution in [1.29, 1.82) is 0 Å². The zero-order valence-electron chi connectivity index (χ0n) is 2.46. The normalized spacial score (nSPS) is 5.75. The van der Waals surface area contributed by atoms with E-state index in [1.54, 1.807) is 0 Å². The monoisotopic (exact) mass is 295 g/mol. The van der Waals surface area contributed by atoms with Crippen molar-refractivity contribution in [2.45, 2.75) is 0 Å². The van der Waals surface area contributed by atoms with Gasteiger partial charge in [0.15, 0.2) is 0 Å². The van der Waals surface area contributed by atoms with Gasteiger partial charge in [-0.05, 0) is 0 Å². The maximum absolute atomic E-state index is 3.21. The molecule has 0 saturated heterocycles. The van der Waals surface area contributed by atoms with Crippen molar-refractivity contribution in [2.24, 2.45) is 0 Å². The zero-order chi connectivity index (χ0) is 3.41. The van der Waals surface area contributed by atoms with E-state index in [-0.39, 0.29) is 0 Å². The van der Waals surface area contributed by atoms with Crippen molar-refractivity contribution >= 4 is 19.9 Å². The predicted octanol–water partition coefficient (Wildman–Crippen LogP) is 0.773. The molecular weight excluding hydrogens is 292 g/mol. The average molecular weight is 295 g/mol. The van der Waals surface area contributed by atoms with Crippen molar-refractivity contribution < 1.29 is 38.7 Å². The molecule has 0 heterocycles. The van der Waals surface area contributed by atoms with Gasteiger partial charge in [0.2, 0.25) is 0 Å². The molecule has 0 aliphatic rings. The van der Waals surface area contributed by atoms with Gasteiger partial charge in [0.25, 0.3) is 0 Å². The van der Waals surface area contributed by atoms with Crippen LogP contribution in [0.4, 0.5) is 0 Å². The molecule has 20 valence electrons. The topological polar surface area (TPSA) is 0 Å². The molecule has 0 aromatic carbocycles. The van der Waals surface area contributed by atoms with Gasteiger partial charge in [-0.3, -0.25) is 0 Å². The number of halogens is 1. The van der Waals surface area contributed by atoms with Gasteiger partial charge in [-0.1, -0.05) is 0 Å². The first-order valence-corrected chi connectivity index (χ1v) is 5.94. The summed E-state index contributed by atoms with van der Waals surface area (Å²) in [6, 6.07) is 0. The summed E-state index contributed by atoms with van der Waals surface area (Å²) >= 11 is 1.46. The first kappa shape index (κ1) is 5.87. The third-order valence-corrected chi connectivity index (χ3v) is 5.43. The van der Waals surface area contributed by atoms with Gasteiger partial charge in [-0.15, -0.1) is 0 Å². The molecule has 0 saturated carbocycles. The van der Waals surface area contributed by atoms with Crippen molar-refractivity contribution in [3.63, 3.8) is 0 Å². The third kappa shape index (κ3) is 3.87. The summed E-state index contributed by atoms with van der Waals surface area (Å²) in [6.45, 7) is 0. The van der Waals surface area contributed by atoms with Crippen molar-refractivity contribution in [3.05, 3.63) is 0 Å². The van der Waals surface area contributed by atoms with E-state index in [4.69, 9.17) is 0 Å². The van der Waals surface area contributed by atoms with Gasteiger partial charge in [0.05, 0.1) is 0 Å². The van der Waals surface area contributed by atoms with Crippen LogP contribution in [0, 0.1) is 38.7 Å². The van der Waals surface area contributed by atoms with Crippen molar-refractivity contribution in [3.8, 4) is 0 Å². The second-order valence-corrected chi connectivity index (χ2v) is 6.70. The molecule has 0 aromatic rings. The van der Waals surface area contributed by atoms with Crippen LogP contribution >= 0.6 is 20.7 Å². The number of rotatable bonds is 0. The molecule has 0 aliphatic heterocycles. The van der Waals surface area contributed by atoms with Gasteiger partial charge in [0.1, 0.15) is 0 Å².